The molecule has 0 saturated heterocycles. The van der Waals surface area contributed by atoms with E-state index in [1.807, 2.05) is 12.1 Å². The minimum atomic E-state index is -3.50. The average Bonchev–Trinajstić information content (AvgIpc) is 3.10. The Bertz CT molecular complexity index is 1090. The highest BCUT2D eigenvalue weighted by molar-refractivity contribution is 7.88. The fourth-order valence-electron chi connectivity index (χ4n) is 2.66. The zero-order valence-corrected chi connectivity index (χ0v) is 17.6. The van der Waals surface area contributed by atoms with Gasteiger partial charge in [0.2, 0.25) is 10.0 Å². The van der Waals surface area contributed by atoms with Gasteiger partial charge in [0.25, 0.3) is 0 Å². The first-order valence-electron chi connectivity index (χ1n) is 8.81. The number of thiazole rings is 1. The Hall–Kier alpha value is -2.29. The van der Waals surface area contributed by atoms with Gasteiger partial charge in [0.1, 0.15) is 0 Å². The summed E-state index contributed by atoms with van der Waals surface area (Å²) in [7, 11) is -2.18. The maximum absolute atomic E-state index is 12.4. The van der Waals surface area contributed by atoms with Crippen molar-refractivity contribution in [1.29, 1.82) is 0 Å². The van der Waals surface area contributed by atoms with Crippen LogP contribution in [0.5, 0.6) is 0 Å². The van der Waals surface area contributed by atoms with Gasteiger partial charge < -0.3 is 4.74 Å². The van der Waals surface area contributed by atoms with Crippen molar-refractivity contribution in [2.75, 3.05) is 7.11 Å². The van der Waals surface area contributed by atoms with Crippen molar-refractivity contribution in [3.63, 3.8) is 0 Å². The fourth-order valence-corrected chi connectivity index (χ4v) is 4.80. The zero-order valence-electron chi connectivity index (χ0n) is 15.9. The number of carbonyl (C=O) groups is 1. The maximum atomic E-state index is 12.4. The molecule has 0 fully saturated rings. The van der Waals surface area contributed by atoms with E-state index in [0.29, 0.717) is 11.5 Å². The van der Waals surface area contributed by atoms with Gasteiger partial charge in [-0.05, 0) is 35.4 Å². The lowest BCUT2D eigenvalue weighted by Gasteiger charge is -2.08. The molecule has 2 aromatic carbocycles. The summed E-state index contributed by atoms with van der Waals surface area (Å²) in [6.45, 7) is 4.33. The van der Waals surface area contributed by atoms with Gasteiger partial charge in [0, 0.05) is 12.5 Å². The van der Waals surface area contributed by atoms with E-state index in [0.717, 1.165) is 26.4 Å². The normalized spacial score (nSPS) is 11.9. The number of sulfonamides is 1. The van der Waals surface area contributed by atoms with E-state index in [9.17, 15) is 13.2 Å². The quantitative estimate of drug-likeness (QED) is 0.590. The molecule has 0 saturated carbocycles. The summed E-state index contributed by atoms with van der Waals surface area (Å²) >= 11 is 1.60. The molecule has 148 valence electrons. The van der Waals surface area contributed by atoms with Crippen LogP contribution in [0.15, 0.2) is 42.5 Å². The largest absolute Gasteiger partial charge is 0.465 e. The molecule has 1 heterocycles. The van der Waals surface area contributed by atoms with Crippen molar-refractivity contribution in [2.45, 2.75) is 32.1 Å². The maximum Gasteiger partial charge on any atom is 0.337 e. The second-order valence-corrected chi connectivity index (χ2v) is 9.65. The molecule has 0 aliphatic rings. The highest BCUT2D eigenvalue weighted by atomic mass is 32.2. The molecule has 0 aliphatic carbocycles. The van der Waals surface area contributed by atoms with Crippen molar-refractivity contribution >= 4 is 37.5 Å². The number of hydrogen-bond donors (Lipinski definition) is 1. The third kappa shape index (κ3) is 4.95. The second-order valence-electron chi connectivity index (χ2n) is 6.78. The summed E-state index contributed by atoms with van der Waals surface area (Å²) in [6, 6.07) is 12.2. The molecule has 8 heteroatoms. The number of hydrogen-bond acceptors (Lipinski definition) is 6. The van der Waals surface area contributed by atoms with Crippen LogP contribution in [0.25, 0.3) is 10.2 Å². The van der Waals surface area contributed by atoms with Gasteiger partial charge in [0.05, 0.1) is 33.7 Å². The van der Waals surface area contributed by atoms with Gasteiger partial charge >= 0.3 is 5.97 Å². The second kappa shape index (κ2) is 8.38. The molecule has 28 heavy (non-hydrogen) atoms. The molecular weight excluding hydrogens is 396 g/mol. The topological polar surface area (TPSA) is 85.4 Å². The van der Waals surface area contributed by atoms with Crippen molar-refractivity contribution in [2.24, 2.45) is 0 Å². The van der Waals surface area contributed by atoms with Crippen molar-refractivity contribution in [3.05, 3.63) is 64.2 Å². The third-order valence-electron chi connectivity index (χ3n) is 4.19. The number of nitrogens with zero attached hydrogens (tertiary/aromatic N) is 1. The van der Waals surface area contributed by atoms with Crippen LogP contribution in [0.1, 0.15) is 46.3 Å². The average molecular weight is 419 g/mol. The molecule has 0 unspecified atom stereocenters. The molecule has 0 amide bonds. The van der Waals surface area contributed by atoms with Gasteiger partial charge in [0.15, 0.2) is 0 Å². The first-order chi connectivity index (χ1) is 13.3. The van der Waals surface area contributed by atoms with E-state index in [1.165, 1.54) is 7.11 Å². The molecule has 0 aliphatic heterocycles. The van der Waals surface area contributed by atoms with E-state index in [-0.39, 0.29) is 12.3 Å². The summed E-state index contributed by atoms with van der Waals surface area (Å²) in [4.78, 5) is 16.0. The van der Waals surface area contributed by atoms with Crippen LogP contribution in [0.3, 0.4) is 0 Å². The Labute approximate surface area is 168 Å². The summed E-state index contributed by atoms with van der Waals surface area (Å²) < 4.78 is 33.1. The van der Waals surface area contributed by atoms with Gasteiger partial charge in [-0.25, -0.2) is 22.9 Å². The standard InChI is InChI=1S/C20H22N2O4S2/c1-13(2)19-22-17-9-6-15(10-18(17)27-19)12-28(24,25)21-11-14-4-7-16(8-5-14)20(23)26-3/h4-10,13,21H,11-12H2,1-3H3. The van der Waals surface area contributed by atoms with Crippen LogP contribution < -0.4 is 4.72 Å². The minimum Gasteiger partial charge on any atom is -0.465 e. The highest BCUT2D eigenvalue weighted by Crippen LogP contribution is 2.28. The van der Waals surface area contributed by atoms with Crippen LogP contribution >= 0.6 is 11.3 Å². The Balaban J connectivity index is 1.66. The number of methoxy groups -OCH3 is 1. The first-order valence-corrected chi connectivity index (χ1v) is 11.3. The fraction of sp³-hybridized carbons (Fsp3) is 0.300. The van der Waals surface area contributed by atoms with Gasteiger partial charge in [-0.15, -0.1) is 11.3 Å². The Morgan fingerprint density at radius 3 is 2.46 bits per heavy atom. The van der Waals surface area contributed by atoms with Crippen molar-refractivity contribution in [3.8, 4) is 0 Å². The van der Waals surface area contributed by atoms with Gasteiger partial charge in [-0.2, -0.15) is 0 Å². The number of rotatable bonds is 7. The SMILES string of the molecule is COC(=O)c1ccc(CNS(=O)(=O)Cc2ccc3nc(C(C)C)sc3c2)cc1. The zero-order chi connectivity index (χ0) is 20.3. The van der Waals surface area contributed by atoms with Crippen molar-refractivity contribution in [1.82, 2.24) is 9.71 Å². The molecule has 3 rings (SSSR count). The molecule has 1 aromatic heterocycles. The Kier molecular flexibility index (Phi) is 6.12. The van der Waals surface area contributed by atoms with E-state index in [4.69, 9.17) is 0 Å². The lowest BCUT2D eigenvalue weighted by atomic mass is 10.1. The number of fused-ring (bicyclic) bond motifs is 1. The first kappa shape index (κ1) is 20.4. The van der Waals surface area contributed by atoms with Crippen LogP contribution in [-0.2, 0) is 27.1 Å². The van der Waals surface area contributed by atoms with Crippen molar-refractivity contribution < 1.29 is 17.9 Å². The molecule has 6 nitrogen and oxygen atoms in total. The number of esters is 1. The summed E-state index contributed by atoms with van der Waals surface area (Å²) in [5.74, 6) is -0.180. The van der Waals surface area contributed by atoms with E-state index < -0.39 is 16.0 Å². The summed E-state index contributed by atoms with van der Waals surface area (Å²) in [6.07, 6.45) is 0. The molecule has 0 bridgehead atoms. The lowest BCUT2D eigenvalue weighted by Crippen LogP contribution is -2.24. The number of ether oxygens (including phenoxy) is 1. The van der Waals surface area contributed by atoms with Gasteiger partial charge in [-0.1, -0.05) is 32.0 Å². The van der Waals surface area contributed by atoms with Crippen LogP contribution in [0, 0.1) is 0 Å². The molecular formula is C20H22N2O4S2. The number of nitrogens with one attached hydrogen (secondary N) is 1. The smallest absolute Gasteiger partial charge is 0.337 e. The van der Waals surface area contributed by atoms with E-state index in [2.05, 4.69) is 28.3 Å². The molecule has 1 N–H and O–H groups in total. The minimum absolute atomic E-state index is 0.0991. The van der Waals surface area contributed by atoms with Crippen LogP contribution in [0.4, 0.5) is 0 Å². The summed E-state index contributed by atoms with van der Waals surface area (Å²) in [5.41, 5.74) is 2.80. The predicted octanol–water partition coefficient (Wildman–Crippen LogP) is 3.83. The van der Waals surface area contributed by atoms with E-state index in [1.54, 1.807) is 41.7 Å². The predicted molar refractivity (Wildman–Crippen MR) is 111 cm³/mol. The van der Waals surface area contributed by atoms with Crippen LogP contribution in [-0.4, -0.2) is 26.5 Å². The van der Waals surface area contributed by atoms with Crippen LogP contribution in [0.2, 0.25) is 0 Å². The molecule has 0 radical (unpaired) electrons. The number of benzene rings is 2. The lowest BCUT2D eigenvalue weighted by molar-refractivity contribution is 0.0600. The molecule has 3 aromatic rings. The van der Waals surface area contributed by atoms with Gasteiger partial charge in [-0.3, -0.25) is 0 Å². The highest BCUT2D eigenvalue weighted by Gasteiger charge is 2.14. The van der Waals surface area contributed by atoms with E-state index >= 15 is 0 Å². The summed E-state index contributed by atoms with van der Waals surface area (Å²) in [5, 5.41) is 1.04. The Morgan fingerprint density at radius 1 is 1.14 bits per heavy atom. The number of aromatic nitrogens is 1. The third-order valence-corrected chi connectivity index (χ3v) is 6.81. The molecule has 0 spiro atoms. The monoisotopic (exact) mass is 418 g/mol. The Morgan fingerprint density at radius 2 is 1.82 bits per heavy atom. The number of carbonyl (C=O) groups excluding carboxylic acids is 1. The molecule has 0 atom stereocenters.